The smallest absolute Gasteiger partial charge is 0.100 e. The summed E-state index contributed by atoms with van der Waals surface area (Å²) in [6.45, 7) is 5.69. The highest BCUT2D eigenvalue weighted by Gasteiger charge is 2.23. The van der Waals surface area contributed by atoms with Gasteiger partial charge in [-0.05, 0) is 59.8 Å². The van der Waals surface area contributed by atoms with Crippen LogP contribution in [0.25, 0.3) is 0 Å². The molecular weight excluding hydrogens is 276 g/mol. The van der Waals surface area contributed by atoms with E-state index >= 15 is 0 Å². The SMILES string of the molecule is CC1CCC(C)N(c2ccc(C#N)c(Br)c2)C1. The number of anilines is 1. The van der Waals surface area contributed by atoms with E-state index in [1.165, 1.54) is 18.5 Å². The van der Waals surface area contributed by atoms with Gasteiger partial charge in [0.25, 0.3) is 0 Å². The van der Waals surface area contributed by atoms with Gasteiger partial charge in [-0.2, -0.15) is 5.26 Å². The number of nitrogens with zero attached hydrogens (tertiary/aromatic N) is 2. The van der Waals surface area contributed by atoms with Crippen LogP contribution in [0.1, 0.15) is 32.3 Å². The summed E-state index contributed by atoms with van der Waals surface area (Å²) in [4.78, 5) is 2.44. The van der Waals surface area contributed by atoms with E-state index in [1.807, 2.05) is 6.07 Å². The molecule has 0 spiro atoms. The van der Waals surface area contributed by atoms with Gasteiger partial charge >= 0.3 is 0 Å². The van der Waals surface area contributed by atoms with E-state index in [2.05, 4.69) is 52.9 Å². The maximum absolute atomic E-state index is 8.92. The van der Waals surface area contributed by atoms with E-state index in [0.29, 0.717) is 11.6 Å². The third-order valence-corrected chi connectivity index (χ3v) is 4.18. The molecule has 1 saturated heterocycles. The first-order chi connectivity index (χ1) is 8.11. The summed E-state index contributed by atoms with van der Waals surface area (Å²) in [6.07, 6.45) is 2.56. The normalized spacial score (nSPS) is 24.5. The Morgan fingerprint density at radius 1 is 1.35 bits per heavy atom. The van der Waals surface area contributed by atoms with Crippen LogP contribution in [-0.4, -0.2) is 12.6 Å². The molecule has 0 amide bonds. The summed E-state index contributed by atoms with van der Waals surface area (Å²) < 4.78 is 0.892. The molecule has 0 bridgehead atoms. The zero-order valence-corrected chi connectivity index (χ0v) is 11.9. The number of rotatable bonds is 1. The lowest BCUT2D eigenvalue weighted by atomic mass is 9.94. The lowest BCUT2D eigenvalue weighted by molar-refractivity contribution is 0.390. The Morgan fingerprint density at radius 3 is 2.76 bits per heavy atom. The van der Waals surface area contributed by atoms with E-state index in [4.69, 9.17) is 5.26 Å². The van der Waals surface area contributed by atoms with E-state index < -0.39 is 0 Å². The molecule has 1 fully saturated rings. The van der Waals surface area contributed by atoms with Crippen molar-refractivity contribution in [2.24, 2.45) is 5.92 Å². The second-order valence-corrected chi connectivity index (χ2v) is 5.81. The number of piperidine rings is 1. The molecule has 1 aliphatic rings. The van der Waals surface area contributed by atoms with Crippen molar-refractivity contribution in [3.8, 4) is 6.07 Å². The van der Waals surface area contributed by atoms with Gasteiger partial charge in [-0.3, -0.25) is 0 Å². The lowest BCUT2D eigenvalue weighted by Crippen LogP contribution is -2.41. The topological polar surface area (TPSA) is 27.0 Å². The molecule has 1 aliphatic heterocycles. The Morgan fingerprint density at radius 2 is 2.12 bits per heavy atom. The quantitative estimate of drug-likeness (QED) is 0.784. The molecule has 0 aliphatic carbocycles. The van der Waals surface area contributed by atoms with Crippen LogP contribution in [0.5, 0.6) is 0 Å². The van der Waals surface area contributed by atoms with Crippen LogP contribution in [0.15, 0.2) is 22.7 Å². The first-order valence-electron chi connectivity index (χ1n) is 6.08. The molecule has 0 saturated carbocycles. The van der Waals surface area contributed by atoms with E-state index in [0.717, 1.165) is 16.9 Å². The lowest BCUT2D eigenvalue weighted by Gasteiger charge is -2.38. The van der Waals surface area contributed by atoms with Crippen LogP contribution in [-0.2, 0) is 0 Å². The minimum atomic E-state index is 0.589. The minimum absolute atomic E-state index is 0.589. The Hall–Kier alpha value is -1.01. The fraction of sp³-hybridized carbons (Fsp3) is 0.500. The fourth-order valence-electron chi connectivity index (χ4n) is 2.42. The zero-order valence-electron chi connectivity index (χ0n) is 10.3. The van der Waals surface area contributed by atoms with Crippen molar-refractivity contribution in [1.82, 2.24) is 0 Å². The van der Waals surface area contributed by atoms with Gasteiger partial charge in [0, 0.05) is 22.7 Å². The average molecular weight is 293 g/mol. The Labute approximate surface area is 111 Å². The Kier molecular flexibility index (Phi) is 3.73. The third-order valence-electron chi connectivity index (χ3n) is 3.52. The van der Waals surface area contributed by atoms with E-state index in [1.54, 1.807) is 0 Å². The summed E-state index contributed by atoms with van der Waals surface area (Å²) >= 11 is 3.46. The number of halogens is 1. The van der Waals surface area contributed by atoms with Crippen molar-refractivity contribution in [2.75, 3.05) is 11.4 Å². The number of hydrogen-bond donors (Lipinski definition) is 0. The van der Waals surface area contributed by atoms with E-state index in [9.17, 15) is 0 Å². The summed E-state index contributed by atoms with van der Waals surface area (Å²) in [5.74, 6) is 0.751. The van der Waals surface area contributed by atoms with Gasteiger partial charge in [0.1, 0.15) is 6.07 Å². The predicted octanol–water partition coefficient (Wildman–Crippen LogP) is 3.95. The molecule has 3 heteroatoms. The molecule has 1 heterocycles. The molecule has 17 heavy (non-hydrogen) atoms. The number of benzene rings is 1. The molecule has 0 radical (unpaired) electrons. The highest BCUT2D eigenvalue weighted by molar-refractivity contribution is 9.10. The number of hydrogen-bond acceptors (Lipinski definition) is 2. The molecular formula is C14H17BrN2. The van der Waals surface area contributed by atoms with Crippen LogP contribution in [0.3, 0.4) is 0 Å². The third kappa shape index (κ3) is 2.63. The highest BCUT2D eigenvalue weighted by Crippen LogP contribution is 2.30. The van der Waals surface area contributed by atoms with Crippen LogP contribution < -0.4 is 4.90 Å². The van der Waals surface area contributed by atoms with Gasteiger partial charge in [-0.15, -0.1) is 0 Å². The van der Waals surface area contributed by atoms with Gasteiger partial charge in [0.15, 0.2) is 0 Å². The van der Waals surface area contributed by atoms with Crippen molar-refractivity contribution >= 4 is 21.6 Å². The second kappa shape index (κ2) is 5.10. The van der Waals surface area contributed by atoms with Crippen LogP contribution in [0.2, 0.25) is 0 Å². The summed E-state index contributed by atoms with van der Waals surface area (Å²) in [5, 5.41) is 8.92. The van der Waals surface area contributed by atoms with Gasteiger partial charge in [0.2, 0.25) is 0 Å². The van der Waals surface area contributed by atoms with Crippen molar-refractivity contribution in [3.63, 3.8) is 0 Å². The standard InChI is InChI=1S/C14H17BrN2/c1-10-3-4-11(2)17(9-10)13-6-5-12(8-16)14(15)7-13/h5-7,10-11H,3-4,9H2,1-2H3. The molecule has 0 N–H and O–H groups in total. The number of nitriles is 1. The fourth-order valence-corrected chi connectivity index (χ4v) is 2.88. The van der Waals surface area contributed by atoms with Crippen molar-refractivity contribution in [3.05, 3.63) is 28.2 Å². The molecule has 2 atom stereocenters. The Bertz CT molecular complexity index is 450. The summed E-state index contributed by atoms with van der Waals surface area (Å²) in [7, 11) is 0. The molecule has 0 aromatic heterocycles. The molecule has 1 aromatic carbocycles. The predicted molar refractivity (Wildman–Crippen MR) is 74.1 cm³/mol. The maximum atomic E-state index is 8.92. The van der Waals surface area contributed by atoms with Gasteiger partial charge in [-0.25, -0.2) is 0 Å². The van der Waals surface area contributed by atoms with Gasteiger partial charge < -0.3 is 4.90 Å². The Balaban J connectivity index is 2.27. The minimum Gasteiger partial charge on any atom is -0.369 e. The average Bonchev–Trinajstić information content (AvgIpc) is 2.32. The molecule has 2 unspecified atom stereocenters. The monoisotopic (exact) mass is 292 g/mol. The largest absolute Gasteiger partial charge is 0.369 e. The van der Waals surface area contributed by atoms with Crippen molar-refractivity contribution in [1.29, 1.82) is 5.26 Å². The van der Waals surface area contributed by atoms with Crippen LogP contribution >= 0.6 is 15.9 Å². The van der Waals surface area contributed by atoms with Crippen molar-refractivity contribution < 1.29 is 0 Å². The molecule has 1 aromatic rings. The second-order valence-electron chi connectivity index (χ2n) is 4.96. The highest BCUT2D eigenvalue weighted by atomic mass is 79.9. The maximum Gasteiger partial charge on any atom is 0.100 e. The molecule has 90 valence electrons. The molecule has 2 nitrogen and oxygen atoms in total. The summed E-state index contributed by atoms with van der Waals surface area (Å²) in [6, 6.07) is 8.78. The van der Waals surface area contributed by atoms with Crippen LogP contribution in [0.4, 0.5) is 5.69 Å². The molecule has 2 rings (SSSR count). The van der Waals surface area contributed by atoms with Gasteiger partial charge in [-0.1, -0.05) is 6.92 Å². The van der Waals surface area contributed by atoms with Crippen molar-refractivity contribution in [2.45, 2.75) is 32.7 Å². The van der Waals surface area contributed by atoms with Gasteiger partial charge in [0.05, 0.1) is 5.56 Å². The first-order valence-corrected chi connectivity index (χ1v) is 6.87. The first kappa shape index (κ1) is 12.4. The van der Waals surface area contributed by atoms with E-state index in [-0.39, 0.29) is 0 Å². The summed E-state index contributed by atoms with van der Waals surface area (Å²) in [5.41, 5.74) is 1.92. The van der Waals surface area contributed by atoms with Crippen LogP contribution in [0, 0.1) is 17.2 Å². The zero-order chi connectivity index (χ0) is 12.4.